The van der Waals surface area contributed by atoms with Crippen LogP contribution in [0.3, 0.4) is 0 Å². The van der Waals surface area contributed by atoms with Crippen molar-refractivity contribution in [1.29, 1.82) is 0 Å². The van der Waals surface area contributed by atoms with Crippen molar-refractivity contribution in [1.82, 2.24) is 14.8 Å². The van der Waals surface area contributed by atoms with Crippen LogP contribution >= 0.6 is 0 Å². The largest absolute Gasteiger partial charge is 0.398 e. The molecule has 1 aromatic heterocycles. The van der Waals surface area contributed by atoms with Crippen molar-refractivity contribution in [3.05, 3.63) is 42.2 Å². The van der Waals surface area contributed by atoms with Crippen LogP contribution < -0.4 is 5.73 Å². The number of nitrogens with two attached hydrogens (primary N) is 1. The number of aryl methyl sites for hydroxylation is 1. The predicted octanol–water partition coefficient (Wildman–Crippen LogP) is 3.57. The molecule has 0 spiro atoms. The van der Waals surface area contributed by atoms with Crippen LogP contribution in [0.4, 0.5) is 5.69 Å². The van der Waals surface area contributed by atoms with E-state index < -0.39 is 0 Å². The van der Waals surface area contributed by atoms with Gasteiger partial charge in [0.2, 0.25) is 0 Å². The molecule has 0 unspecified atom stereocenters. The van der Waals surface area contributed by atoms with E-state index in [-0.39, 0.29) is 0 Å². The van der Waals surface area contributed by atoms with Crippen molar-refractivity contribution in [2.45, 2.75) is 26.8 Å². The van der Waals surface area contributed by atoms with Crippen molar-refractivity contribution in [2.75, 3.05) is 5.73 Å². The monoisotopic (exact) mass is 266 g/mol. The van der Waals surface area contributed by atoms with E-state index in [9.17, 15) is 0 Å². The molecule has 0 amide bonds. The summed E-state index contributed by atoms with van der Waals surface area (Å²) < 4.78 is 2.11. The molecular weight excluding hydrogens is 248 g/mol. The first-order chi connectivity index (χ1) is 9.58. The van der Waals surface area contributed by atoms with E-state index in [4.69, 9.17) is 5.73 Å². The summed E-state index contributed by atoms with van der Waals surface area (Å²) >= 11 is 0. The van der Waals surface area contributed by atoms with Crippen molar-refractivity contribution in [3.63, 3.8) is 0 Å². The number of nitrogen functional groups attached to an aromatic ring is 1. The molecule has 4 nitrogen and oxygen atoms in total. The number of hydrogen-bond donors (Lipinski definition) is 1. The van der Waals surface area contributed by atoms with Gasteiger partial charge in [-0.1, -0.05) is 24.3 Å². The summed E-state index contributed by atoms with van der Waals surface area (Å²) in [6.45, 7) is 6.21. The standard InChI is InChI=1S/C16H18N4/c1-10(2)20-11(3)18-19-16(20)14-8-12-6-4-5-7-13(12)9-15(14)17/h4-10H,17H2,1-3H3. The van der Waals surface area contributed by atoms with Crippen LogP contribution in [-0.4, -0.2) is 14.8 Å². The number of rotatable bonds is 2. The fraction of sp³-hybridized carbons (Fsp3) is 0.250. The molecule has 0 fully saturated rings. The minimum atomic E-state index is 0.297. The van der Waals surface area contributed by atoms with Gasteiger partial charge < -0.3 is 10.3 Å². The van der Waals surface area contributed by atoms with E-state index in [1.165, 1.54) is 0 Å². The Morgan fingerprint density at radius 2 is 1.70 bits per heavy atom. The fourth-order valence-electron chi connectivity index (χ4n) is 2.62. The predicted molar refractivity (Wildman–Crippen MR) is 82.5 cm³/mol. The number of benzene rings is 2. The van der Waals surface area contributed by atoms with Crippen LogP contribution in [0.15, 0.2) is 36.4 Å². The maximum absolute atomic E-state index is 6.22. The lowest BCUT2D eigenvalue weighted by molar-refractivity contribution is 0.588. The molecule has 0 aliphatic carbocycles. The maximum atomic E-state index is 6.22. The second-order valence-electron chi connectivity index (χ2n) is 5.32. The minimum Gasteiger partial charge on any atom is -0.398 e. The van der Waals surface area contributed by atoms with Crippen molar-refractivity contribution < 1.29 is 0 Å². The number of nitrogens with zero attached hydrogens (tertiary/aromatic N) is 3. The van der Waals surface area contributed by atoms with Crippen molar-refractivity contribution in [2.24, 2.45) is 0 Å². The first-order valence-corrected chi connectivity index (χ1v) is 6.78. The summed E-state index contributed by atoms with van der Waals surface area (Å²) in [6.07, 6.45) is 0. The van der Waals surface area contributed by atoms with Crippen molar-refractivity contribution >= 4 is 16.5 Å². The average Bonchev–Trinajstić information content (AvgIpc) is 2.79. The second kappa shape index (κ2) is 4.63. The Bertz CT molecular complexity index is 771. The number of aromatic nitrogens is 3. The molecule has 3 aromatic rings. The third-order valence-corrected chi connectivity index (χ3v) is 3.54. The highest BCUT2D eigenvalue weighted by molar-refractivity contribution is 5.92. The van der Waals surface area contributed by atoms with Crippen LogP contribution in [0, 0.1) is 6.92 Å². The minimum absolute atomic E-state index is 0.297. The zero-order valence-corrected chi connectivity index (χ0v) is 12.0. The van der Waals surface area contributed by atoms with Crippen LogP contribution in [0.25, 0.3) is 22.2 Å². The van der Waals surface area contributed by atoms with Crippen LogP contribution in [-0.2, 0) is 0 Å². The molecule has 0 saturated carbocycles. The Balaban J connectivity index is 2.27. The topological polar surface area (TPSA) is 56.7 Å². The van der Waals surface area contributed by atoms with Gasteiger partial charge in [-0.3, -0.25) is 0 Å². The molecule has 102 valence electrons. The van der Waals surface area contributed by atoms with E-state index in [1.54, 1.807) is 0 Å². The van der Waals surface area contributed by atoms with Gasteiger partial charge in [0, 0.05) is 17.3 Å². The Morgan fingerprint density at radius 3 is 2.35 bits per heavy atom. The fourth-order valence-corrected chi connectivity index (χ4v) is 2.62. The lowest BCUT2D eigenvalue weighted by atomic mass is 10.0. The van der Waals surface area contributed by atoms with Crippen LogP contribution in [0.1, 0.15) is 25.7 Å². The molecule has 0 saturated heterocycles. The molecule has 4 heteroatoms. The molecule has 3 rings (SSSR count). The Kier molecular flexibility index (Phi) is 2.93. The highest BCUT2D eigenvalue weighted by Crippen LogP contribution is 2.31. The molecule has 20 heavy (non-hydrogen) atoms. The molecule has 0 bridgehead atoms. The summed E-state index contributed by atoms with van der Waals surface area (Å²) in [7, 11) is 0. The molecular formula is C16H18N4. The highest BCUT2D eigenvalue weighted by atomic mass is 15.3. The van der Waals surface area contributed by atoms with Gasteiger partial charge in [-0.15, -0.1) is 10.2 Å². The van der Waals surface area contributed by atoms with Gasteiger partial charge in [-0.25, -0.2) is 0 Å². The quantitative estimate of drug-likeness (QED) is 0.721. The van der Waals surface area contributed by atoms with Crippen LogP contribution in [0.5, 0.6) is 0 Å². The molecule has 0 aliphatic rings. The van der Waals surface area contributed by atoms with Gasteiger partial charge in [-0.2, -0.15) is 0 Å². The van der Waals surface area contributed by atoms with Gasteiger partial charge in [0.05, 0.1) is 0 Å². The molecule has 0 radical (unpaired) electrons. The van der Waals surface area contributed by atoms with Gasteiger partial charge in [0.15, 0.2) is 5.82 Å². The summed E-state index contributed by atoms with van der Waals surface area (Å²) in [6, 6.07) is 12.6. The zero-order chi connectivity index (χ0) is 14.3. The summed E-state index contributed by atoms with van der Waals surface area (Å²) in [5.41, 5.74) is 7.89. The summed E-state index contributed by atoms with van der Waals surface area (Å²) in [5.74, 6) is 1.74. The summed E-state index contributed by atoms with van der Waals surface area (Å²) in [4.78, 5) is 0. The molecule has 2 aromatic carbocycles. The van der Waals surface area contributed by atoms with E-state index >= 15 is 0 Å². The van der Waals surface area contributed by atoms with Gasteiger partial charge in [-0.05, 0) is 43.7 Å². The number of hydrogen-bond acceptors (Lipinski definition) is 3. The molecule has 0 aliphatic heterocycles. The van der Waals surface area contributed by atoms with E-state index in [2.05, 4.69) is 46.8 Å². The van der Waals surface area contributed by atoms with E-state index in [0.29, 0.717) is 6.04 Å². The third-order valence-electron chi connectivity index (χ3n) is 3.54. The van der Waals surface area contributed by atoms with Gasteiger partial charge in [0.1, 0.15) is 5.82 Å². The van der Waals surface area contributed by atoms with Gasteiger partial charge in [0.25, 0.3) is 0 Å². The van der Waals surface area contributed by atoms with Crippen molar-refractivity contribution in [3.8, 4) is 11.4 Å². The normalized spacial score (nSPS) is 11.4. The SMILES string of the molecule is Cc1nnc(-c2cc3ccccc3cc2N)n1C(C)C. The second-order valence-corrected chi connectivity index (χ2v) is 5.32. The lowest BCUT2D eigenvalue weighted by Gasteiger charge is -2.14. The van der Waals surface area contributed by atoms with E-state index in [1.807, 2.05) is 25.1 Å². The first kappa shape index (κ1) is 12.7. The number of fused-ring (bicyclic) bond motifs is 1. The smallest absolute Gasteiger partial charge is 0.166 e. The first-order valence-electron chi connectivity index (χ1n) is 6.78. The van der Waals surface area contributed by atoms with E-state index in [0.717, 1.165) is 33.7 Å². The van der Waals surface area contributed by atoms with Gasteiger partial charge >= 0.3 is 0 Å². The Labute approximate surface area is 118 Å². The zero-order valence-electron chi connectivity index (χ0n) is 12.0. The number of anilines is 1. The maximum Gasteiger partial charge on any atom is 0.166 e. The summed E-state index contributed by atoms with van der Waals surface area (Å²) in [5, 5.41) is 10.8. The third kappa shape index (κ3) is 1.93. The van der Waals surface area contributed by atoms with Crippen LogP contribution in [0.2, 0.25) is 0 Å². The Morgan fingerprint density at radius 1 is 1.05 bits per heavy atom. The molecule has 1 heterocycles. The lowest BCUT2D eigenvalue weighted by Crippen LogP contribution is -2.06. The highest BCUT2D eigenvalue weighted by Gasteiger charge is 2.16. The Hall–Kier alpha value is -2.36. The molecule has 0 atom stereocenters. The average molecular weight is 266 g/mol. The molecule has 2 N–H and O–H groups in total.